The number of rotatable bonds is 4. The average Bonchev–Trinajstić information content (AvgIpc) is 2.44. The van der Waals surface area contributed by atoms with Gasteiger partial charge in [0.05, 0.1) is 0 Å². The minimum atomic E-state index is -0.306. The van der Waals surface area contributed by atoms with Crippen molar-refractivity contribution in [3.05, 3.63) is 30.1 Å². The Balaban J connectivity index is 1.74. The largest absolute Gasteiger partial charge is 0.335 e. The Morgan fingerprint density at radius 2 is 1.95 bits per heavy atom. The van der Waals surface area contributed by atoms with E-state index >= 15 is 0 Å². The number of piperidine rings is 1. The Morgan fingerprint density at radius 1 is 1.30 bits per heavy atom. The molecular formula is C15H22FN3O. The lowest BCUT2D eigenvalue weighted by molar-refractivity contribution is 0.196. The highest BCUT2D eigenvalue weighted by molar-refractivity contribution is 5.89. The zero-order valence-electron chi connectivity index (χ0n) is 11.9. The molecule has 5 heteroatoms. The van der Waals surface area contributed by atoms with Crippen LogP contribution in [0.25, 0.3) is 0 Å². The minimum absolute atomic E-state index is 0.217. The average molecular weight is 279 g/mol. The number of amides is 2. The summed E-state index contributed by atoms with van der Waals surface area (Å²) < 4.78 is 12.8. The van der Waals surface area contributed by atoms with Crippen molar-refractivity contribution in [1.29, 1.82) is 0 Å². The molecule has 0 aliphatic carbocycles. The standard InChI is InChI=1S/C15H22FN3O/c1-2-9-19-10-7-14(8-11-19)18-15(20)17-13-5-3-12(16)4-6-13/h3-6,14H,2,7-11H2,1H3,(H2,17,18,20). The number of hydrogen-bond donors (Lipinski definition) is 2. The summed E-state index contributed by atoms with van der Waals surface area (Å²) in [7, 11) is 0. The summed E-state index contributed by atoms with van der Waals surface area (Å²) >= 11 is 0. The van der Waals surface area contributed by atoms with Crippen LogP contribution in [-0.4, -0.2) is 36.6 Å². The van der Waals surface area contributed by atoms with Gasteiger partial charge in [0.15, 0.2) is 0 Å². The molecule has 0 bridgehead atoms. The zero-order valence-corrected chi connectivity index (χ0v) is 11.9. The lowest BCUT2D eigenvalue weighted by atomic mass is 10.1. The van der Waals surface area contributed by atoms with Gasteiger partial charge in [-0.3, -0.25) is 0 Å². The number of carbonyl (C=O) groups is 1. The summed E-state index contributed by atoms with van der Waals surface area (Å²) in [4.78, 5) is 14.3. The lowest BCUT2D eigenvalue weighted by Gasteiger charge is -2.32. The van der Waals surface area contributed by atoms with Crippen LogP contribution in [0.3, 0.4) is 0 Å². The third kappa shape index (κ3) is 4.49. The molecule has 0 aromatic heterocycles. The monoisotopic (exact) mass is 279 g/mol. The smallest absolute Gasteiger partial charge is 0.319 e. The molecule has 0 spiro atoms. The second-order valence-electron chi connectivity index (χ2n) is 5.22. The number of carbonyl (C=O) groups excluding carboxylic acids is 1. The third-order valence-corrected chi connectivity index (χ3v) is 3.56. The van der Waals surface area contributed by atoms with Crippen LogP contribution in [0.4, 0.5) is 14.9 Å². The number of nitrogens with zero attached hydrogens (tertiary/aromatic N) is 1. The first-order chi connectivity index (χ1) is 9.67. The predicted octanol–water partition coefficient (Wildman–Crippen LogP) is 2.82. The van der Waals surface area contributed by atoms with Crippen LogP contribution in [0.1, 0.15) is 26.2 Å². The highest BCUT2D eigenvalue weighted by Crippen LogP contribution is 2.12. The Morgan fingerprint density at radius 3 is 2.55 bits per heavy atom. The number of nitrogens with one attached hydrogen (secondary N) is 2. The maximum Gasteiger partial charge on any atom is 0.319 e. The summed E-state index contributed by atoms with van der Waals surface area (Å²) in [5.74, 6) is -0.306. The van der Waals surface area contributed by atoms with Gasteiger partial charge in [0.2, 0.25) is 0 Å². The molecule has 4 nitrogen and oxygen atoms in total. The van der Waals surface area contributed by atoms with Gasteiger partial charge in [-0.2, -0.15) is 0 Å². The maximum absolute atomic E-state index is 12.8. The Kier molecular flexibility index (Phi) is 5.35. The molecule has 2 N–H and O–H groups in total. The van der Waals surface area contributed by atoms with E-state index in [9.17, 15) is 9.18 Å². The normalized spacial score (nSPS) is 16.9. The molecule has 1 heterocycles. The van der Waals surface area contributed by atoms with Crippen molar-refractivity contribution >= 4 is 11.7 Å². The van der Waals surface area contributed by atoms with Gasteiger partial charge in [-0.15, -0.1) is 0 Å². The third-order valence-electron chi connectivity index (χ3n) is 3.56. The molecule has 1 aliphatic rings. The van der Waals surface area contributed by atoms with Crippen LogP contribution in [0.15, 0.2) is 24.3 Å². The molecule has 2 rings (SSSR count). The van der Waals surface area contributed by atoms with Gasteiger partial charge in [-0.1, -0.05) is 6.92 Å². The minimum Gasteiger partial charge on any atom is -0.335 e. The van der Waals surface area contributed by atoms with Crippen molar-refractivity contribution in [2.45, 2.75) is 32.2 Å². The summed E-state index contributed by atoms with van der Waals surface area (Å²) in [6, 6.07) is 5.78. The number of benzene rings is 1. The van der Waals surface area contributed by atoms with E-state index in [-0.39, 0.29) is 17.9 Å². The molecule has 110 valence electrons. The van der Waals surface area contributed by atoms with E-state index in [2.05, 4.69) is 22.5 Å². The molecule has 0 radical (unpaired) electrons. The first-order valence-corrected chi connectivity index (χ1v) is 7.23. The summed E-state index contributed by atoms with van der Waals surface area (Å²) in [6.45, 7) is 5.39. The second kappa shape index (κ2) is 7.24. The van der Waals surface area contributed by atoms with Crippen molar-refractivity contribution in [2.75, 3.05) is 25.0 Å². The molecule has 1 aromatic carbocycles. The van der Waals surface area contributed by atoms with E-state index in [0.29, 0.717) is 5.69 Å². The molecule has 1 fully saturated rings. The van der Waals surface area contributed by atoms with Crippen molar-refractivity contribution in [1.82, 2.24) is 10.2 Å². The van der Waals surface area contributed by atoms with Crippen LogP contribution in [-0.2, 0) is 0 Å². The molecule has 2 amide bonds. The fourth-order valence-corrected chi connectivity index (χ4v) is 2.50. The lowest BCUT2D eigenvalue weighted by Crippen LogP contribution is -2.46. The van der Waals surface area contributed by atoms with Crippen molar-refractivity contribution < 1.29 is 9.18 Å². The summed E-state index contributed by atoms with van der Waals surface area (Å²) in [5, 5.41) is 5.70. The molecule has 20 heavy (non-hydrogen) atoms. The Hall–Kier alpha value is -1.62. The molecule has 0 saturated carbocycles. The maximum atomic E-state index is 12.8. The van der Waals surface area contributed by atoms with Gasteiger partial charge < -0.3 is 15.5 Å². The van der Waals surface area contributed by atoms with Crippen molar-refractivity contribution in [3.8, 4) is 0 Å². The SMILES string of the molecule is CCCN1CCC(NC(=O)Nc2ccc(F)cc2)CC1. The van der Waals surface area contributed by atoms with Crippen LogP contribution in [0.5, 0.6) is 0 Å². The quantitative estimate of drug-likeness (QED) is 0.890. The highest BCUT2D eigenvalue weighted by Gasteiger charge is 2.19. The van der Waals surface area contributed by atoms with Gasteiger partial charge in [0.1, 0.15) is 5.82 Å². The van der Waals surface area contributed by atoms with Crippen molar-refractivity contribution in [2.24, 2.45) is 0 Å². The first-order valence-electron chi connectivity index (χ1n) is 7.23. The summed E-state index contributed by atoms with van der Waals surface area (Å²) in [5.41, 5.74) is 0.604. The van der Waals surface area contributed by atoms with E-state index in [1.54, 1.807) is 12.1 Å². The number of likely N-dealkylation sites (tertiary alicyclic amines) is 1. The van der Waals surface area contributed by atoms with Gasteiger partial charge in [-0.25, -0.2) is 9.18 Å². The van der Waals surface area contributed by atoms with Crippen LogP contribution in [0.2, 0.25) is 0 Å². The van der Waals surface area contributed by atoms with Crippen molar-refractivity contribution in [3.63, 3.8) is 0 Å². The Labute approximate surface area is 119 Å². The number of anilines is 1. The number of halogens is 1. The van der Waals surface area contributed by atoms with E-state index in [1.165, 1.54) is 18.6 Å². The van der Waals surface area contributed by atoms with Crippen LogP contribution < -0.4 is 10.6 Å². The van der Waals surface area contributed by atoms with E-state index in [4.69, 9.17) is 0 Å². The number of hydrogen-bond acceptors (Lipinski definition) is 2. The van der Waals surface area contributed by atoms with E-state index < -0.39 is 0 Å². The predicted molar refractivity (Wildman–Crippen MR) is 78.3 cm³/mol. The molecule has 1 aromatic rings. The molecule has 1 saturated heterocycles. The molecular weight excluding hydrogens is 257 g/mol. The van der Waals surface area contributed by atoms with Gasteiger partial charge >= 0.3 is 6.03 Å². The highest BCUT2D eigenvalue weighted by atomic mass is 19.1. The van der Waals surface area contributed by atoms with Gasteiger partial charge in [-0.05, 0) is 50.1 Å². The molecule has 0 unspecified atom stereocenters. The fourth-order valence-electron chi connectivity index (χ4n) is 2.50. The van der Waals surface area contributed by atoms with Crippen LogP contribution >= 0.6 is 0 Å². The molecule has 1 aliphatic heterocycles. The van der Waals surface area contributed by atoms with E-state index in [0.717, 1.165) is 32.5 Å². The van der Waals surface area contributed by atoms with E-state index in [1.807, 2.05) is 0 Å². The topological polar surface area (TPSA) is 44.4 Å². The zero-order chi connectivity index (χ0) is 14.4. The van der Waals surface area contributed by atoms with Crippen LogP contribution in [0, 0.1) is 5.82 Å². The summed E-state index contributed by atoms with van der Waals surface area (Å²) in [6.07, 6.45) is 3.14. The fraction of sp³-hybridized carbons (Fsp3) is 0.533. The first kappa shape index (κ1) is 14.8. The van der Waals surface area contributed by atoms with Gasteiger partial charge in [0, 0.05) is 24.8 Å². The second-order valence-corrected chi connectivity index (χ2v) is 5.22. The van der Waals surface area contributed by atoms with Gasteiger partial charge in [0.25, 0.3) is 0 Å². The molecule has 0 atom stereocenters. The Bertz CT molecular complexity index is 427. The number of urea groups is 1.